The van der Waals surface area contributed by atoms with Crippen LogP contribution >= 0.6 is 0 Å². The summed E-state index contributed by atoms with van der Waals surface area (Å²) in [6.45, 7) is 1.96. The smallest absolute Gasteiger partial charge is 0.320 e. The molecule has 2 N–H and O–H groups in total. The molecule has 1 amide bonds. The first kappa shape index (κ1) is 18.5. The number of aromatic nitrogens is 1. The third kappa shape index (κ3) is 3.79. The Bertz CT molecular complexity index is 878. The molecule has 2 aromatic rings. The predicted molar refractivity (Wildman–Crippen MR) is 102 cm³/mol. The Labute approximate surface area is 157 Å². The molecule has 0 aliphatic heterocycles. The van der Waals surface area contributed by atoms with Crippen LogP contribution in [0.25, 0.3) is 0 Å². The fourth-order valence-electron chi connectivity index (χ4n) is 3.44. The summed E-state index contributed by atoms with van der Waals surface area (Å²) in [5.74, 6) is -2.22. The van der Waals surface area contributed by atoms with Gasteiger partial charge in [0.2, 0.25) is 0 Å². The van der Waals surface area contributed by atoms with E-state index in [2.05, 4.69) is 15.5 Å². The molecule has 0 fully saturated rings. The monoisotopic (exact) mass is 363 g/mol. The molecule has 1 aromatic carbocycles. The van der Waals surface area contributed by atoms with Crippen molar-refractivity contribution >= 4 is 18.1 Å². The van der Waals surface area contributed by atoms with Crippen molar-refractivity contribution in [2.24, 2.45) is 10.5 Å². The van der Waals surface area contributed by atoms with Crippen molar-refractivity contribution in [1.82, 2.24) is 10.4 Å². The highest BCUT2D eigenvalue weighted by Crippen LogP contribution is 2.47. The first-order valence-corrected chi connectivity index (χ1v) is 8.71. The van der Waals surface area contributed by atoms with Crippen molar-refractivity contribution in [3.8, 4) is 0 Å². The Balaban J connectivity index is 1.91. The number of hydrogen-bond acceptors (Lipinski definition) is 4. The molecular weight excluding hydrogens is 342 g/mol. The first-order chi connectivity index (χ1) is 13.0. The van der Waals surface area contributed by atoms with Crippen molar-refractivity contribution in [2.75, 3.05) is 0 Å². The van der Waals surface area contributed by atoms with Gasteiger partial charge in [0.25, 0.3) is 5.91 Å². The van der Waals surface area contributed by atoms with Crippen molar-refractivity contribution in [3.05, 3.63) is 77.6 Å². The zero-order chi connectivity index (χ0) is 19.3. The van der Waals surface area contributed by atoms with Crippen LogP contribution in [0.3, 0.4) is 0 Å². The second-order valence-electron chi connectivity index (χ2n) is 6.68. The number of benzene rings is 1. The van der Waals surface area contributed by atoms with Gasteiger partial charge >= 0.3 is 5.97 Å². The predicted octanol–water partition coefficient (Wildman–Crippen LogP) is 3.13. The van der Waals surface area contributed by atoms with Gasteiger partial charge in [-0.1, -0.05) is 42.0 Å². The molecule has 0 spiro atoms. The third-order valence-electron chi connectivity index (χ3n) is 4.97. The van der Waals surface area contributed by atoms with Crippen LogP contribution in [0, 0.1) is 5.41 Å². The Morgan fingerprint density at radius 2 is 1.93 bits per heavy atom. The van der Waals surface area contributed by atoms with Crippen LogP contribution in [0.15, 0.2) is 71.6 Å². The van der Waals surface area contributed by atoms with Gasteiger partial charge in [0, 0.05) is 18.3 Å². The van der Waals surface area contributed by atoms with Crippen LogP contribution in [0.4, 0.5) is 0 Å². The number of carbonyl (C=O) groups excluding carboxylic acids is 1. The van der Waals surface area contributed by atoms with E-state index in [1.807, 2.05) is 43.3 Å². The van der Waals surface area contributed by atoms with Gasteiger partial charge in [0.1, 0.15) is 0 Å². The minimum atomic E-state index is -1.60. The van der Waals surface area contributed by atoms with Crippen LogP contribution in [-0.2, 0) is 9.59 Å². The molecule has 0 bridgehead atoms. The van der Waals surface area contributed by atoms with Gasteiger partial charge < -0.3 is 5.11 Å². The van der Waals surface area contributed by atoms with E-state index < -0.39 is 23.2 Å². The number of carboxylic acids is 1. The average Bonchev–Trinajstić information content (AvgIpc) is 2.69. The van der Waals surface area contributed by atoms with Gasteiger partial charge in [-0.3, -0.25) is 14.6 Å². The average molecular weight is 363 g/mol. The van der Waals surface area contributed by atoms with Crippen LogP contribution in [0.1, 0.15) is 36.8 Å². The number of hydrogen-bond donors (Lipinski definition) is 2. The molecule has 2 unspecified atom stereocenters. The number of amides is 1. The summed E-state index contributed by atoms with van der Waals surface area (Å²) in [7, 11) is 0. The summed E-state index contributed by atoms with van der Waals surface area (Å²) in [4.78, 5) is 29.2. The fraction of sp³-hybridized carbons (Fsp3) is 0.238. The van der Waals surface area contributed by atoms with E-state index >= 15 is 0 Å². The van der Waals surface area contributed by atoms with Gasteiger partial charge in [-0.05, 0) is 43.0 Å². The Morgan fingerprint density at radius 3 is 2.59 bits per heavy atom. The quantitative estimate of drug-likeness (QED) is 0.369. The van der Waals surface area contributed by atoms with Crippen LogP contribution < -0.4 is 5.43 Å². The van der Waals surface area contributed by atoms with Gasteiger partial charge in [0.05, 0.1) is 6.21 Å². The van der Waals surface area contributed by atoms with E-state index in [1.54, 1.807) is 24.5 Å². The zero-order valence-corrected chi connectivity index (χ0v) is 15.0. The molecule has 0 saturated heterocycles. The molecular formula is C21H21N3O3. The largest absolute Gasteiger partial charge is 0.480 e. The number of nitrogens with one attached hydrogen (secondary N) is 1. The summed E-state index contributed by atoms with van der Waals surface area (Å²) in [5.41, 5.74) is 3.51. The Morgan fingerprint density at radius 1 is 1.22 bits per heavy atom. The lowest BCUT2D eigenvalue weighted by Gasteiger charge is -2.38. The zero-order valence-electron chi connectivity index (χ0n) is 15.0. The lowest BCUT2D eigenvalue weighted by atomic mass is 9.64. The van der Waals surface area contributed by atoms with Crippen LogP contribution in [0.5, 0.6) is 0 Å². The highest BCUT2D eigenvalue weighted by Gasteiger charge is 2.53. The molecule has 0 radical (unpaired) electrons. The van der Waals surface area contributed by atoms with Gasteiger partial charge in [0.15, 0.2) is 5.41 Å². The number of carbonyl (C=O) groups is 2. The summed E-state index contributed by atoms with van der Waals surface area (Å²) < 4.78 is 0. The van der Waals surface area contributed by atoms with Crippen molar-refractivity contribution < 1.29 is 14.7 Å². The highest BCUT2D eigenvalue weighted by molar-refractivity contribution is 6.03. The number of carboxylic acid groups (broad SMARTS) is 1. The van der Waals surface area contributed by atoms with Crippen molar-refractivity contribution in [3.63, 3.8) is 0 Å². The summed E-state index contributed by atoms with van der Waals surface area (Å²) in [5, 5.41) is 14.0. The van der Waals surface area contributed by atoms with E-state index in [0.717, 1.165) is 16.7 Å². The van der Waals surface area contributed by atoms with E-state index in [1.165, 1.54) is 6.21 Å². The third-order valence-corrected chi connectivity index (χ3v) is 4.97. The molecule has 0 saturated carbocycles. The van der Waals surface area contributed by atoms with E-state index in [9.17, 15) is 14.7 Å². The minimum Gasteiger partial charge on any atom is -0.480 e. The number of allylic oxidation sites excluding steroid dienone is 2. The Hall–Kier alpha value is -3.28. The summed E-state index contributed by atoms with van der Waals surface area (Å²) >= 11 is 0. The van der Waals surface area contributed by atoms with E-state index in [-0.39, 0.29) is 6.42 Å². The molecule has 1 aliphatic carbocycles. The normalized spacial score (nSPS) is 22.3. The number of aliphatic carboxylic acids is 1. The minimum absolute atomic E-state index is 0.129. The maximum Gasteiger partial charge on any atom is 0.320 e. The summed E-state index contributed by atoms with van der Waals surface area (Å²) in [6.07, 6.45) is 7.17. The van der Waals surface area contributed by atoms with Crippen molar-refractivity contribution in [2.45, 2.75) is 25.7 Å². The number of rotatable bonds is 5. The first-order valence-electron chi connectivity index (χ1n) is 8.71. The number of pyridine rings is 1. The maximum atomic E-state index is 13.0. The molecule has 1 aromatic heterocycles. The molecule has 3 rings (SSSR count). The molecule has 27 heavy (non-hydrogen) atoms. The number of nitrogens with zero attached hydrogens (tertiary/aromatic N) is 2. The second-order valence-corrected chi connectivity index (χ2v) is 6.68. The molecule has 1 heterocycles. The standard InChI is InChI=1S/C21H21N3O3/c1-15-7-10-21(20(26)27,18(13-15)17-5-3-2-4-6-17)19(25)24-23-14-16-8-11-22-12-9-16/h2-9,11-12,14,18H,10,13H2,1H3,(H,24,25)(H,26,27). The van der Waals surface area contributed by atoms with E-state index in [0.29, 0.717) is 6.42 Å². The fourth-order valence-corrected chi connectivity index (χ4v) is 3.44. The molecule has 1 aliphatic rings. The molecule has 138 valence electrons. The maximum absolute atomic E-state index is 13.0. The van der Waals surface area contributed by atoms with Gasteiger partial charge in [-0.2, -0.15) is 5.10 Å². The SMILES string of the molecule is CC1=CCC(C(=O)O)(C(=O)NN=Cc2ccncc2)C(c2ccccc2)C1. The molecule has 6 nitrogen and oxygen atoms in total. The summed E-state index contributed by atoms with van der Waals surface area (Å²) in [6, 6.07) is 12.8. The van der Waals surface area contributed by atoms with Crippen LogP contribution in [0.2, 0.25) is 0 Å². The lowest BCUT2D eigenvalue weighted by molar-refractivity contribution is -0.158. The van der Waals surface area contributed by atoms with Gasteiger partial charge in [-0.25, -0.2) is 5.43 Å². The van der Waals surface area contributed by atoms with Crippen molar-refractivity contribution in [1.29, 1.82) is 0 Å². The van der Waals surface area contributed by atoms with E-state index in [4.69, 9.17) is 0 Å². The number of hydrazone groups is 1. The lowest BCUT2D eigenvalue weighted by Crippen LogP contribution is -2.50. The highest BCUT2D eigenvalue weighted by atomic mass is 16.4. The Kier molecular flexibility index (Phi) is 5.45. The second kappa shape index (κ2) is 7.95. The van der Waals surface area contributed by atoms with Crippen LogP contribution in [-0.4, -0.2) is 28.2 Å². The molecule has 6 heteroatoms. The topological polar surface area (TPSA) is 91.6 Å². The molecule has 2 atom stereocenters. The van der Waals surface area contributed by atoms with Gasteiger partial charge in [-0.15, -0.1) is 0 Å².